The van der Waals surface area contributed by atoms with Gasteiger partial charge in [0.15, 0.2) is 5.75 Å². The minimum Gasteiger partial charge on any atom is -0.490 e. The molecule has 1 aromatic rings. The van der Waals surface area contributed by atoms with Gasteiger partial charge < -0.3 is 4.74 Å². The van der Waals surface area contributed by atoms with E-state index < -0.39 is 4.92 Å². The van der Waals surface area contributed by atoms with Crippen molar-refractivity contribution < 1.29 is 14.5 Å². The van der Waals surface area contributed by atoms with Gasteiger partial charge in [-0.25, -0.2) is 0 Å². The average Bonchev–Trinajstić information content (AvgIpc) is 2.47. The first-order valence-electron chi connectivity index (χ1n) is 7.05. The van der Waals surface area contributed by atoms with Crippen molar-refractivity contribution >= 4 is 11.5 Å². The van der Waals surface area contributed by atoms with Gasteiger partial charge in [-0.2, -0.15) is 0 Å². The van der Waals surface area contributed by atoms with Crippen LogP contribution in [-0.2, 0) is 11.3 Å². The number of piperidine rings is 1. The molecule has 0 spiro atoms. The van der Waals surface area contributed by atoms with Crippen LogP contribution in [0.2, 0.25) is 0 Å². The molecule has 1 atom stereocenters. The maximum absolute atomic E-state index is 11.5. The third kappa shape index (κ3) is 3.78. The Morgan fingerprint density at radius 2 is 2.29 bits per heavy atom. The van der Waals surface area contributed by atoms with Gasteiger partial charge in [0, 0.05) is 25.1 Å². The van der Waals surface area contributed by atoms with Crippen molar-refractivity contribution in [3.8, 4) is 5.75 Å². The molecule has 6 nitrogen and oxygen atoms in total. The summed E-state index contributed by atoms with van der Waals surface area (Å²) in [6.45, 7) is 3.90. The molecule has 1 fully saturated rings. The summed E-state index contributed by atoms with van der Waals surface area (Å²) < 4.78 is 5.00. The number of rotatable bonds is 5. The Morgan fingerprint density at radius 1 is 1.52 bits per heavy atom. The number of benzene rings is 1. The number of hydrogen-bond acceptors (Lipinski definition) is 5. The molecule has 1 saturated heterocycles. The van der Waals surface area contributed by atoms with Gasteiger partial charge >= 0.3 is 5.69 Å². The molecule has 1 aliphatic heterocycles. The molecule has 114 valence electrons. The van der Waals surface area contributed by atoms with Crippen LogP contribution in [0.25, 0.3) is 0 Å². The number of nitro groups is 1. The van der Waals surface area contributed by atoms with E-state index in [0.717, 1.165) is 31.5 Å². The maximum Gasteiger partial charge on any atom is 0.311 e. The van der Waals surface area contributed by atoms with Crippen LogP contribution in [-0.4, -0.2) is 35.8 Å². The Morgan fingerprint density at radius 3 is 2.90 bits per heavy atom. The quantitative estimate of drug-likeness (QED) is 0.615. The van der Waals surface area contributed by atoms with E-state index in [4.69, 9.17) is 4.74 Å². The molecule has 0 radical (unpaired) electrons. The molecule has 6 heteroatoms. The van der Waals surface area contributed by atoms with Gasteiger partial charge in [-0.15, -0.1) is 0 Å². The number of nitro benzene ring substituents is 1. The Hall–Kier alpha value is -1.95. The van der Waals surface area contributed by atoms with Gasteiger partial charge in [0.2, 0.25) is 0 Å². The fourth-order valence-electron chi connectivity index (χ4n) is 2.77. The van der Waals surface area contributed by atoms with Crippen molar-refractivity contribution in [3.05, 3.63) is 33.9 Å². The third-order valence-electron chi connectivity index (χ3n) is 3.93. The number of nitrogens with zero attached hydrogens (tertiary/aromatic N) is 2. The second kappa shape index (κ2) is 6.67. The molecule has 1 heterocycles. The Balaban J connectivity index is 2.10. The predicted octanol–water partition coefficient (Wildman–Crippen LogP) is 2.40. The highest BCUT2D eigenvalue weighted by molar-refractivity contribution is 5.78. The summed E-state index contributed by atoms with van der Waals surface area (Å²) in [4.78, 5) is 24.3. The lowest BCUT2D eigenvalue weighted by molar-refractivity contribution is -0.385. The number of Topliss-reactive ketones (excluding diaryl/α,β-unsaturated/α-hetero) is 1. The molecule has 0 N–H and O–H groups in total. The number of hydrogen-bond donors (Lipinski definition) is 0. The molecular weight excluding hydrogens is 272 g/mol. The highest BCUT2D eigenvalue weighted by atomic mass is 16.6. The Kier molecular flexibility index (Phi) is 4.90. The number of likely N-dealkylation sites (tertiary alicyclic amines) is 1. The van der Waals surface area contributed by atoms with Crippen molar-refractivity contribution in [3.63, 3.8) is 0 Å². The first-order chi connectivity index (χ1) is 10.0. The van der Waals surface area contributed by atoms with Crippen LogP contribution in [0.15, 0.2) is 18.2 Å². The first kappa shape index (κ1) is 15.4. The normalized spacial score (nSPS) is 19.2. The SMILES string of the molecule is COc1ccc(CN2CCCC(C(C)=O)C2)cc1[N+](=O)[O-]. The molecule has 0 amide bonds. The van der Waals surface area contributed by atoms with Crippen molar-refractivity contribution in [1.82, 2.24) is 4.90 Å². The van der Waals surface area contributed by atoms with Gasteiger partial charge in [0.1, 0.15) is 5.78 Å². The van der Waals surface area contributed by atoms with Crippen molar-refractivity contribution in [1.29, 1.82) is 0 Å². The lowest BCUT2D eigenvalue weighted by Crippen LogP contribution is -2.37. The predicted molar refractivity (Wildman–Crippen MR) is 78.3 cm³/mol. The monoisotopic (exact) mass is 292 g/mol. The Labute approximate surface area is 123 Å². The van der Waals surface area contributed by atoms with Gasteiger partial charge in [-0.05, 0) is 37.9 Å². The van der Waals surface area contributed by atoms with E-state index >= 15 is 0 Å². The number of carbonyl (C=O) groups excluding carboxylic acids is 1. The second-order valence-corrected chi connectivity index (χ2v) is 5.45. The van der Waals surface area contributed by atoms with E-state index in [0.29, 0.717) is 6.54 Å². The summed E-state index contributed by atoms with van der Waals surface area (Å²) in [5.41, 5.74) is 0.849. The summed E-state index contributed by atoms with van der Waals surface area (Å²) in [5, 5.41) is 11.0. The minimum absolute atomic E-state index is 0.0184. The molecule has 21 heavy (non-hydrogen) atoms. The van der Waals surface area contributed by atoms with E-state index in [2.05, 4.69) is 4.90 Å². The number of carbonyl (C=O) groups is 1. The molecule has 0 saturated carbocycles. The molecule has 2 rings (SSSR count). The van der Waals surface area contributed by atoms with Gasteiger partial charge in [0.25, 0.3) is 0 Å². The zero-order valence-corrected chi connectivity index (χ0v) is 12.4. The summed E-state index contributed by atoms with van der Waals surface area (Å²) in [7, 11) is 1.42. The zero-order valence-electron chi connectivity index (χ0n) is 12.4. The fourth-order valence-corrected chi connectivity index (χ4v) is 2.77. The van der Waals surface area contributed by atoms with Crippen LogP contribution < -0.4 is 4.74 Å². The largest absolute Gasteiger partial charge is 0.490 e. The molecule has 0 aliphatic carbocycles. The van der Waals surface area contributed by atoms with Gasteiger partial charge in [0.05, 0.1) is 12.0 Å². The summed E-state index contributed by atoms with van der Waals surface area (Å²) in [6, 6.07) is 5.01. The van der Waals surface area contributed by atoms with E-state index in [1.807, 2.05) is 6.07 Å². The smallest absolute Gasteiger partial charge is 0.311 e. The molecule has 1 unspecified atom stereocenters. The van der Waals surface area contributed by atoms with E-state index in [-0.39, 0.29) is 23.1 Å². The van der Waals surface area contributed by atoms with Crippen LogP contribution >= 0.6 is 0 Å². The summed E-state index contributed by atoms with van der Waals surface area (Å²) in [5.74, 6) is 0.580. The van der Waals surface area contributed by atoms with Crippen molar-refractivity contribution in [2.75, 3.05) is 20.2 Å². The van der Waals surface area contributed by atoms with Crippen molar-refractivity contribution in [2.45, 2.75) is 26.3 Å². The molecule has 0 aromatic heterocycles. The molecular formula is C15H20N2O4. The lowest BCUT2D eigenvalue weighted by Gasteiger charge is -2.31. The lowest BCUT2D eigenvalue weighted by atomic mass is 9.94. The van der Waals surface area contributed by atoms with Crippen LogP contribution in [0, 0.1) is 16.0 Å². The highest BCUT2D eigenvalue weighted by Crippen LogP contribution is 2.28. The summed E-state index contributed by atoms with van der Waals surface area (Å²) >= 11 is 0. The number of ether oxygens (including phenoxy) is 1. The van der Waals surface area contributed by atoms with Crippen LogP contribution in [0.3, 0.4) is 0 Å². The maximum atomic E-state index is 11.5. The second-order valence-electron chi connectivity index (χ2n) is 5.45. The number of methoxy groups -OCH3 is 1. The van der Waals surface area contributed by atoms with Gasteiger partial charge in [-0.3, -0.25) is 19.8 Å². The Bertz CT molecular complexity index is 544. The molecule has 1 aromatic carbocycles. The third-order valence-corrected chi connectivity index (χ3v) is 3.93. The molecule has 0 bridgehead atoms. The van der Waals surface area contributed by atoms with Crippen LogP contribution in [0.5, 0.6) is 5.75 Å². The van der Waals surface area contributed by atoms with Crippen molar-refractivity contribution in [2.24, 2.45) is 5.92 Å². The first-order valence-corrected chi connectivity index (χ1v) is 7.05. The zero-order chi connectivity index (χ0) is 15.4. The average molecular weight is 292 g/mol. The van der Waals surface area contributed by atoms with E-state index in [9.17, 15) is 14.9 Å². The van der Waals surface area contributed by atoms with Crippen LogP contribution in [0.1, 0.15) is 25.3 Å². The molecule has 1 aliphatic rings. The minimum atomic E-state index is -0.434. The highest BCUT2D eigenvalue weighted by Gasteiger charge is 2.24. The van der Waals surface area contributed by atoms with E-state index in [1.54, 1.807) is 19.1 Å². The standard InChI is InChI=1S/C15H20N2O4/c1-11(18)13-4-3-7-16(10-13)9-12-5-6-15(21-2)14(8-12)17(19)20/h5-6,8,13H,3-4,7,9-10H2,1-2H3. The van der Waals surface area contributed by atoms with E-state index in [1.165, 1.54) is 7.11 Å². The van der Waals surface area contributed by atoms with Crippen LogP contribution in [0.4, 0.5) is 5.69 Å². The summed E-state index contributed by atoms with van der Waals surface area (Å²) in [6.07, 6.45) is 1.93. The fraction of sp³-hybridized carbons (Fsp3) is 0.533. The number of ketones is 1. The topological polar surface area (TPSA) is 72.7 Å². The van der Waals surface area contributed by atoms with Gasteiger partial charge in [-0.1, -0.05) is 6.07 Å².